The Morgan fingerprint density at radius 1 is 0.540 bits per heavy atom. The minimum atomic E-state index is 0.555. The smallest absolute Gasteiger partial charge is 0.0998 e. The van der Waals surface area contributed by atoms with E-state index < -0.39 is 0 Å². The zero-order valence-electron chi connectivity index (χ0n) is 26.9. The van der Waals surface area contributed by atoms with Gasteiger partial charge in [-0.05, 0) is 108 Å². The van der Waals surface area contributed by atoms with Gasteiger partial charge in [0.05, 0.1) is 57.1 Å². The number of para-hydroxylation sites is 2. The molecular formula is C45H27N5. The molecule has 5 heteroatoms. The Bertz CT molecular complexity index is 2860. The molecule has 2 heterocycles. The molecule has 0 spiro atoms. The second-order valence-electron chi connectivity index (χ2n) is 12.6. The number of nitriles is 3. The molecule has 1 aliphatic rings. The van der Waals surface area contributed by atoms with Crippen molar-refractivity contribution in [2.75, 3.05) is 0 Å². The summed E-state index contributed by atoms with van der Waals surface area (Å²) in [4.78, 5) is 0. The van der Waals surface area contributed by atoms with Gasteiger partial charge in [0.25, 0.3) is 0 Å². The Hall–Kier alpha value is -7.13. The monoisotopic (exact) mass is 637 g/mol. The predicted octanol–water partition coefficient (Wildman–Crippen LogP) is 10.6. The van der Waals surface area contributed by atoms with Gasteiger partial charge < -0.3 is 9.13 Å². The first kappa shape index (κ1) is 29.0. The van der Waals surface area contributed by atoms with Crippen molar-refractivity contribution in [3.05, 3.63) is 161 Å². The number of allylic oxidation sites excluding steroid dienone is 1. The lowest BCUT2D eigenvalue weighted by Crippen LogP contribution is -2.02. The maximum absolute atomic E-state index is 10.2. The average Bonchev–Trinajstić information content (AvgIpc) is 3.70. The first-order valence-electron chi connectivity index (χ1n) is 16.6. The summed E-state index contributed by atoms with van der Waals surface area (Å²) in [5, 5.41) is 32.9. The summed E-state index contributed by atoms with van der Waals surface area (Å²) in [6.07, 6.45) is 6.35. The maximum atomic E-state index is 10.2. The Kier molecular flexibility index (Phi) is 6.70. The van der Waals surface area contributed by atoms with E-state index in [2.05, 4.69) is 106 Å². The van der Waals surface area contributed by atoms with Crippen LogP contribution in [0.25, 0.3) is 72.4 Å². The van der Waals surface area contributed by atoms with Crippen LogP contribution < -0.4 is 0 Å². The summed E-state index contributed by atoms with van der Waals surface area (Å²) >= 11 is 0. The summed E-state index contributed by atoms with van der Waals surface area (Å²) in [6.45, 7) is 0. The molecule has 0 N–H and O–H groups in total. The van der Waals surface area contributed by atoms with Gasteiger partial charge in [-0.25, -0.2) is 0 Å². The summed E-state index contributed by atoms with van der Waals surface area (Å²) < 4.78 is 4.48. The van der Waals surface area contributed by atoms with Crippen LogP contribution in [-0.4, -0.2) is 9.13 Å². The van der Waals surface area contributed by atoms with Crippen LogP contribution in [0.3, 0.4) is 0 Å². The Labute approximate surface area is 289 Å². The molecule has 9 rings (SSSR count). The summed E-state index contributed by atoms with van der Waals surface area (Å²) in [6, 6.07) is 49.9. The number of fused-ring (bicyclic) bond motifs is 6. The van der Waals surface area contributed by atoms with Crippen molar-refractivity contribution < 1.29 is 0 Å². The average molecular weight is 638 g/mol. The van der Waals surface area contributed by atoms with Crippen LogP contribution in [0.4, 0.5) is 0 Å². The van der Waals surface area contributed by atoms with Gasteiger partial charge >= 0.3 is 0 Å². The molecule has 8 aromatic rings. The van der Waals surface area contributed by atoms with Crippen LogP contribution in [-0.2, 0) is 6.42 Å². The van der Waals surface area contributed by atoms with Crippen molar-refractivity contribution in [1.29, 1.82) is 15.8 Å². The van der Waals surface area contributed by atoms with E-state index in [1.165, 1.54) is 5.56 Å². The molecular weight excluding hydrogens is 611 g/mol. The lowest BCUT2D eigenvalue weighted by atomic mass is 9.96. The van der Waals surface area contributed by atoms with Crippen LogP contribution in [0.1, 0.15) is 34.4 Å². The number of hydrogen-bond donors (Lipinski definition) is 0. The highest BCUT2D eigenvalue weighted by molar-refractivity contribution is 6.11. The van der Waals surface area contributed by atoms with E-state index in [0.29, 0.717) is 16.7 Å². The van der Waals surface area contributed by atoms with Crippen molar-refractivity contribution in [2.24, 2.45) is 0 Å². The summed E-state index contributed by atoms with van der Waals surface area (Å²) in [5.41, 5.74) is 13.2. The highest BCUT2D eigenvalue weighted by atomic mass is 15.0. The molecule has 2 aromatic heterocycles. The van der Waals surface area contributed by atoms with Crippen molar-refractivity contribution in [3.8, 4) is 51.8 Å². The molecule has 1 aliphatic carbocycles. The van der Waals surface area contributed by atoms with Gasteiger partial charge in [0.2, 0.25) is 0 Å². The Balaban J connectivity index is 1.22. The van der Waals surface area contributed by atoms with Crippen molar-refractivity contribution in [1.82, 2.24) is 9.13 Å². The SMILES string of the molecule is N#Cc1cc(-c2cccc(-c3ccccc3-n3c4c(c5cc(C#N)ccc53)CCC=C4)c2)cc(-n2c3ccccc3c3c(C#N)cccc32)c1. The van der Waals surface area contributed by atoms with Crippen LogP contribution in [0.2, 0.25) is 0 Å². The quantitative estimate of drug-likeness (QED) is 0.193. The van der Waals surface area contributed by atoms with Gasteiger partial charge in [-0.15, -0.1) is 0 Å². The van der Waals surface area contributed by atoms with Crippen molar-refractivity contribution >= 4 is 38.8 Å². The zero-order valence-corrected chi connectivity index (χ0v) is 26.9. The highest BCUT2D eigenvalue weighted by Crippen LogP contribution is 2.40. The molecule has 0 saturated carbocycles. The summed E-state index contributed by atoms with van der Waals surface area (Å²) in [7, 11) is 0. The van der Waals surface area contributed by atoms with Crippen molar-refractivity contribution in [3.63, 3.8) is 0 Å². The number of nitrogens with zero attached hydrogens (tertiary/aromatic N) is 5. The summed E-state index contributed by atoms with van der Waals surface area (Å²) in [5.74, 6) is 0. The molecule has 5 nitrogen and oxygen atoms in total. The fourth-order valence-corrected chi connectivity index (χ4v) is 7.71. The lowest BCUT2D eigenvalue weighted by Gasteiger charge is -2.17. The normalized spacial score (nSPS) is 12.1. The molecule has 0 atom stereocenters. The fraction of sp³-hybridized carbons (Fsp3) is 0.0444. The van der Waals surface area contributed by atoms with Gasteiger partial charge in [0.15, 0.2) is 0 Å². The van der Waals surface area contributed by atoms with E-state index in [1.54, 1.807) is 0 Å². The molecule has 0 bridgehead atoms. The van der Waals surface area contributed by atoms with Gasteiger partial charge in [0.1, 0.15) is 0 Å². The topological polar surface area (TPSA) is 81.2 Å². The third-order valence-electron chi connectivity index (χ3n) is 9.85. The molecule has 232 valence electrons. The zero-order chi connectivity index (χ0) is 33.8. The minimum absolute atomic E-state index is 0.555. The first-order chi connectivity index (χ1) is 24.7. The molecule has 0 unspecified atom stereocenters. The van der Waals surface area contributed by atoms with E-state index in [0.717, 1.165) is 84.9 Å². The number of benzene rings is 6. The van der Waals surface area contributed by atoms with Gasteiger partial charge in [0, 0.05) is 33.1 Å². The maximum Gasteiger partial charge on any atom is 0.0998 e. The molecule has 50 heavy (non-hydrogen) atoms. The number of rotatable bonds is 4. The molecule has 0 radical (unpaired) electrons. The van der Waals surface area contributed by atoms with Gasteiger partial charge in [-0.1, -0.05) is 66.7 Å². The number of hydrogen-bond acceptors (Lipinski definition) is 3. The predicted molar refractivity (Wildman–Crippen MR) is 200 cm³/mol. The molecule has 6 aromatic carbocycles. The van der Waals surface area contributed by atoms with Crippen LogP contribution >= 0.6 is 0 Å². The largest absolute Gasteiger partial charge is 0.309 e. The van der Waals surface area contributed by atoms with Crippen molar-refractivity contribution in [2.45, 2.75) is 12.8 Å². The van der Waals surface area contributed by atoms with E-state index in [-0.39, 0.29) is 0 Å². The molecule has 0 fully saturated rings. The van der Waals surface area contributed by atoms with E-state index in [9.17, 15) is 15.8 Å². The third-order valence-corrected chi connectivity index (χ3v) is 9.85. The highest BCUT2D eigenvalue weighted by Gasteiger charge is 2.21. The second-order valence-corrected chi connectivity index (χ2v) is 12.6. The minimum Gasteiger partial charge on any atom is -0.309 e. The Morgan fingerprint density at radius 2 is 1.32 bits per heavy atom. The number of aryl methyl sites for hydroxylation is 1. The standard InChI is InChI=1S/C45H27N5/c46-26-29-19-20-43-39(23-29)37-13-2-5-16-41(37)50(43)40-15-4-1-12-36(40)32-10-7-9-31(24-32)34-21-30(27-47)22-35(25-34)49-42-17-6-3-14-38(42)45-33(28-48)11-8-18-44(45)49/h1,3-12,14-25H,2,13H2. The van der Waals surface area contributed by atoms with E-state index >= 15 is 0 Å². The van der Waals surface area contributed by atoms with Crippen LogP contribution in [0.15, 0.2) is 133 Å². The molecule has 0 amide bonds. The molecule has 0 aliphatic heterocycles. The molecule has 0 saturated heterocycles. The fourth-order valence-electron chi connectivity index (χ4n) is 7.71. The lowest BCUT2D eigenvalue weighted by molar-refractivity contribution is 0.968. The Morgan fingerprint density at radius 3 is 2.20 bits per heavy atom. The van der Waals surface area contributed by atoms with E-state index in [4.69, 9.17) is 0 Å². The van der Waals surface area contributed by atoms with E-state index in [1.807, 2.05) is 60.7 Å². The number of aromatic nitrogens is 2. The van der Waals surface area contributed by atoms with Gasteiger partial charge in [-0.3, -0.25) is 0 Å². The second kappa shape index (κ2) is 11.5. The van der Waals surface area contributed by atoms with Crippen LogP contribution in [0, 0.1) is 34.0 Å². The first-order valence-corrected chi connectivity index (χ1v) is 16.6. The third kappa shape index (κ3) is 4.45. The van der Waals surface area contributed by atoms with Crippen LogP contribution in [0.5, 0.6) is 0 Å². The van der Waals surface area contributed by atoms with Gasteiger partial charge in [-0.2, -0.15) is 15.8 Å².